The number of carbonyl (C=O) groups is 1. The van der Waals surface area contributed by atoms with Gasteiger partial charge in [-0.15, -0.1) is 0 Å². The molecule has 7 nitrogen and oxygen atoms in total. The largest absolute Gasteiger partial charge is 0.443 e. The van der Waals surface area contributed by atoms with Gasteiger partial charge in [-0.1, -0.05) is 88.1 Å². The third kappa shape index (κ3) is 12.0. The Labute approximate surface area is 255 Å². The lowest BCUT2D eigenvalue weighted by molar-refractivity contribution is -0.0163. The van der Waals surface area contributed by atoms with Crippen molar-refractivity contribution < 1.29 is 14.6 Å². The lowest BCUT2D eigenvalue weighted by Crippen LogP contribution is -2.46. The zero-order valence-electron chi connectivity index (χ0n) is 26.5. The van der Waals surface area contributed by atoms with E-state index in [9.17, 15) is 9.90 Å². The molecule has 2 aromatic carbocycles. The third-order valence-corrected chi connectivity index (χ3v) is 8.74. The van der Waals surface area contributed by atoms with Crippen LogP contribution in [0.3, 0.4) is 0 Å². The molecule has 1 amide bonds. The second-order valence-corrected chi connectivity index (χ2v) is 11.9. The van der Waals surface area contributed by atoms with Crippen molar-refractivity contribution in [2.45, 2.75) is 77.7 Å². The van der Waals surface area contributed by atoms with Crippen molar-refractivity contribution in [2.24, 2.45) is 0 Å². The average Bonchev–Trinajstić information content (AvgIpc) is 3.00. The Hall–Kier alpha value is -2.45. The van der Waals surface area contributed by atoms with Crippen LogP contribution >= 0.6 is 0 Å². The Bertz CT molecular complexity index is 1010. The van der Waals surface area contributed by atoms with Crippen LogP contribution in [0.4, 0.5) is 10.5 Å². The molecule has 234 valence electrons. The van der Waals surface area contributed by atoms with E-state index in [4.69, 9.17) is 4.74 Å². The van der Waals surface area contributed by atoms with Gasteiger partial charge in [-0.3, -0.25) is 10.2 Å². The van der Waals surface area contributed by atoms with Gasteiger partial charge in [0.2, 0.25) is 0 Å². The first-order valence-electron chi connectivity index (χ1n) is 16.4. The number of aliphatic hydroxyl groups is 1. The standard InChI is InChI=1S/C35H56N4O3/c1-4-37(5-2)27-28-39(29-30-40)24-16-9-7-6-8-15-23-38-25-21-35(3,22-26-38)42-34(41)36-33-20-14-13-19-32(33)31-17-11-10-12-18-31/h10-14,17-20,40H,4-9,15-16,21-30H2,1-3H3,(H,36,41). The molecule has 0 atom stereocenters. The average molecular weight is 581 g/mol. The first-order valence-corrected chi connectivity index (χ1v) is 16.4. The molecule has 2 aromatic rings. The number of ether oxygens (including phenoxy) is 1. The van der Waals surface area contributed by atoms with E-state index < -0.39 is 5.60 Å². The molecule has 2 N–H and O–H groups in total. The Morgan fingerprint density at radius 1 is 0.833 bits per heavy atom. The van der Waals surface area contributed by atoms with E-state index >= 15 is 0 Å². The summed E-state index contributed by atoms with van der Waals surface area (Å²) in [5, 5.41) is 12.4. The number of aliphatic hydroxyl groups excluding tert-OH is 1. The molecule has 1 fully saturated rings. The van der Waals surface area contributed by atoms with Crippen molar-refractivity contribution in [2.75, 3.05) is 70.8 Å². The molecule has 1 heterocycles. The van der Waals surface area contributed by atoms with E-state index in [1.165, 1.54) is 38.5 Å². The van der Waals surface area contributed by atoms with Gasteiger partial charge in [-0.05, 0) is 70.4 Å². The number of nitrogens with one attached hydrogen (secondary N) is 1. The zero-order chi connectivity index (χ0) is 30.0. The van der Waals surface area contributed by atoms with E-state index in [0.29, 0.717) is 0 Å². The fourth-order valence-electron chi connectivity index (χ4n) is 5.85. The molecule has 0 aromatic heterocycles. The van der Waals surface area contributed by atoms with E-state index in [0.717, 1.165) is 88.6 Å². The van der Waals surface area contributed by atoms with Crippen LogP contribution in [0.25, 0.3) is 11.1 Å². The Kier molecular flexibility index (Phi) is 15.4. The lowest BCUT2D eigenvalue weighted by atomic mass is 9.93. The fraction of sp³-hybridized carbons (Fsp3) is 0.629. The molecule has 1 saturated heterocycles. The molecule has 0 aliphatic carbocycles. The number of anilines is 1. The Morgan fingerprint density at radius 3 is 2.14 bits per heavy atom. The van der Waals surface area contributed by atoms with E-state index in [1.807, 2.05) is 54.6 Å². The number of carbonyl (C=O) groups excluding carboxylic acids is 1. The minimum absolute atomic E-state index is 0.247. The molecule has 42 heavy (non-hydrogen) atoms. The molecule has 1 aliphatic rings. The molecule has 0 saturated carbocycles. The number of rotatable bonds is 19. The first kappa shape index (κ1) is 34.0. The van der Waals surface area contributed by atoms with Gasteiger partial charge >= 0.3 is 6.09 Å². The summed E-state index contributed by atoms with van der Waals surface area (Å²) in [5.41, 5.74) is 2.40. The van der Waals surface area contributed by atoms with Crippen LogP contribution in [0.5, 0.6) is 0 Å². The number of hydrogen-bond donors (Lipinski definition) is 2. The molecular weight excluding hydrogens is 524 g/mol. The summed E-state index contributed by atoms with van der Waals surface area (Å²) < 4.78 is 5.98. The minimum atomic E-state index is -0.433. The van der Waals surface area contributed by atoms with Crippen molar-refractivity contribution in [1.82, 2.24) is 14.7 Å². The van der Waals surface area contributed by atoms with Crippen LogP contribution < -0.4 is 5.32 Å². The van der Waals surface area contributed by atoms with Crippen LogP contribution in [-0.4, -0.2) is 97.0 Å². The summed E-state index contributed by atoms with van der Waals surface area (Å²) in [7, 11) is 0. The number of unbranched alkanes of at least 4 members (excludes halogenated alkanes) is 5. The monoisotopic (exact) mass is 580 g/mol. The van der Waals surface area contributed by atoms with Crippen molar-refractivity contribution >= 4 is 11.8 Å². The van der Waals surface area contributed by atoms with Crippen molar-refractivity contribution in [3.05, 3.63) is 54.6 Å². The van der Waals surface area contributed by atoms with Crippen LogP contribution in [0.2, 0.25) is 0 Å². The number of amides is 1. The number of para-hydroxylation sites is 1. The zero-order valence-corrected chi connectivity index (χ0v) is 26.5. The highest BCUT2D eigenvalue weighted by molar-refractivity contribution is 5.91. The normalized spacial score (nSPS) is 15.3. The topological polar surface area (TPSA) is 68.3 Å². The summed E-state index contributed by atoms with van der Waals surface area (Å²) in [6.07, 6.45) is 8.91. The third-order valence-electron chi connectivity index (χ3n) is 8.74. The van der Waals surface area contributed by atoms with E-state index in [2.05, 4.69) is 40.8 Å². The fourth-order valence-corrected chi connectivity index (χ4v) is 5.85. The predicted molar refractivity (Wildman–Crippen MR) is 175 cm³/mol. The molecular formula is C35H56N4O3. The first-order chi connectivity index (χ1) is 20.5. The Balaban J connectivity index is 1.27. The van der Waals surface area contributed by atoms with Crippen LogP contribution in [0.15, 0.2) is 54.6 Å². The van der Waals surface area contributed by atoms with Crippen LogP contribution in [-0.2, 0) is 4.74 Å². The second kappa shape index (κ2) is 19.0. The van der Waals surface area contributed by atoms with Crippen LogP contribution in [0.1, 0.15) is 72.1 Å². The van der Waals surface area contributed by atoms with Crippen molar-refractivity contribution in [3.8, 4) is 11.1 Å². The number of likely N-dealkylation sites (N-methyl/N-ethyl adjacent to an activating group) is 1. The molecule has 0 radical (unpaired) electrons. The van der Waals surface area contributed by atoms with Gasteiger partial charge in [-0.25, -0.2) is 4.79 Å². The molecule has 3 rings (SSSR count). The summed E-state index contributed by atoms with van der Waals surface area (Å²) in [4.78, 5) is 20.3. The maximum absolute atomic E-state index is 12.9. The quantitative estimate of drug-likeness (QED) is 0.180. The van der Waals surface area contributed by atoms with Gasteiger partial charge in [0.15, 0.2) is 0 Å². The number of benzene rings is 2. The molecule has 7 heteroatoms. The highest BCUT2D eigenvalue weighted by atomic mass is 16.6. The number of nitrogens with zero attached hydrogens (tertiary/aromatic N) is 3. The predicted octanol–water partition coefficient (Wildman–Crippen LogP) is 6.73. The Morgan fingerprint density at radius 2 is 1.45 bits per heavy atom. The molecule has 0 unspecified atom stereocenters. The van der Waals surface area contributed by atoms with Crippen molar-refractivity contribution in [1.29, 1.82) is 0 Å². The maximum atomic E-state index is 12.9. The second-order valence-electron chi connectivity index (χ2n) is 11.9. The summed E-state index contributed by atoms with van der Waals surface area (Å²) in [6.45, 7) is 16.0. The molecule has 0 spiro atoms. The van der Waals surface area contributed by atoms with Gasteiger partial charge < -0.3 is 19.6 Å². The summed E-state index contributed by atoms with van der Waals surface area (Å²) in [6, 6.07) is 18.0. The molecule has 1 aliphatic heterocycles. The van der Waals surface area contributed by atoms with E-state index in [1.54, 1.807) is 0 Å². The summed E-state index contributed by atoms with van der Waals surface area (Å²) >= 11 is 0. The van der Waals surface area contributed by atoms with Gasteiger partial charge in [0.1, 0.15) is 5.60 Å². The van der Waals surface area contributed by atoms with E-state index in [-0.39, 0.29) is 12.7 Å². The number of likely N-dealkylation sites (tertiary alicyclic amines) is 1. The highest BCUT2D eigenvalue weighted by Gasteiger charge is 2.33. The number of hydrogen-bond acceptors (Lipinski definition) is 6. The van der Waals surface area contributed by atoms with Crippen LogP contribution in [0, 0.1) is 0 Å². The maximum Gasteiger partial charge on any atom is 0.412 e. The summed E-state index contributed by atoms with van der Waals surface area (Å²) in [5.74, 6) is 0. The van der Waals surface area contributed by atoms with Gasteiger partial charge in [0, 0.05) is 38.3 Å². The molecule has 0 bridgehead atoms. The van der Waals surface area contributed by atoms with Gasteiger partial charge in [0.25, 0.3) is 0 Å². The minimum Gasteiger partial charge on any atom is -0.443 e. The van der Waals surface area contributed by atoms with Crippen molar-refractivity contribution in [3.63, 3.8) is 0 Å². The van der Waals surface area contributed by atoms with Gasteiger partial charge in [0.05, 0.1) is 12.3 Å². The van der Waals surface area contributed by atoms with Gasteiger partial charge in [-0.2, -0.15) is 0 Å². The lowest BCUT2D eigenvalue weighted by Gasteiger charge is -2.38. The highest BCUT2D eigenvalue weighted by Crippen LogP contribution is 2.30. The SMILES string of the molecule is CCN(CC)CCN(CCO)CCCCCCCCN1CCC(C)(OC(=O)Nc2ccccc2-c2ccccc2)CC1. The number of piperidine rings is 1. The smallest absolute Gasteiger partial charge is 0.412 e.